The first-order chi connectivity index (χ1) is 14.4. The molecule has 0 saturated carbocycles. The lowest BCUT2D eigenvalue weighted by atomic mass is 10.1. The Morgan fingerprint density at radius 1 is 1.07 bits per heavy atom. The first-order valence-corrected chi connectivity index (χ1v) is 11.0. The van der Waals surface area contributed by atoms with E-state index in [0.29, 0.717) is 11.3 Å². The van der Waals surface area contributed by atoms with Gasteiger partial charge in [0.2, 0.25) is 5.91 Å². The zero-order valence-electron chi connectivity index (χ0n) is 16.9. The van der Waals surface area contributed by atoms with Crippen LogP contribution in [0.25, 0.3) is 0 Å². The predicted molar refractivity (Wildman–Crippen MR) is 115 cm³/mol. The largest absolute Gasteiger partial charge is 0.497 e. The molecule has 3 rings (SSSR count). The van der Waals surface area contributed by atoms with Gasteiger partial charge in [-0.05, 0) is 48.4 Å². The number of ether oxygens (including phenoxy) is 1. The van der Waals surface area contributed by atoms with Gasteiger partial charge in [-0.25, -0.2) is 8.42 Å². The summed E-state index contributed by atoms with van der Waals surface area (Å²) < 4.78 is 31.7. The molecule has 1 N–H and O–H groups in total. The molecule has 156 valence electrons. The van der Waals surface area contributed by atoms with Crippen LogP contribution in [-0.2, 0) is 21.1 Å². The second kappa shape index (κ2) is 9.54. The zero-order chi connectivity index (χ0) is 21.6. The monoisotopic (exact) mass is 424 g/mol. The number of aromatic nitrogens is 1. The number of rotatable bonds is 8. The van der Waals surface area contributed by atoms with Crippen molar-refractivity contribution in [3.63, 3.8) is 0 Å². The maximum absolute atomic E-state index is 13.3. The van der Waals surface area contributed by atoms with Crippen molar-refractivity contribution in [3.8, 4) is 5.75 Å². The average molecular weight is 425 g/mol. The van der Waals surface area contributed by atoms with Crippen LogP contribution in [0.5, 0.6) is 5.75 Å². The lowest BCUT2D eigenvalue weighted by Gasteiger charge is -2.19. The highest BCUT2D eigenvalue weighted by Gasteiger charge is 2.29. The van der Waals surface area contributed by atoms with E-state index in [1.165, 1.54) is 6.20 Å². The molecule has 0 aliphatic carbocycles. The highest BCUT2D eigenvalue weighted by molar-refractivity contribution is 7.91. The summed E-state index contributed by atoms with van der Waals surface area (Å²) in [4.78, 5) is 16.7. The van der Waals surface area contributed by atoms with Crippen molar-refractivity contribution < 1.29 is 17.9 Å². The molecule has 0 radical (unpaired) electrons. The Kier molecular flexibility index (Phi) is 6.84. The minimum absolute atomic E-state index is 0.0448. The average Bonchev–Trinajstić information content (AvgIpc) is 2.75. The first kappa shape index (κ1) is 21.5. The van der Waals surface area contributed by atoms with Gasteiger partial charge in [0, 0.05) is 18.9 Å². The molecule has 30 heavy (non-hydrogen) atoms. The van der Waals surface area contributed by atoms with Crippen LogP contribution in [0.2, 0.25) is 0 Å². The van der Waals surface area contributed by atoms with Crippen molar-refractivity contribution in [2.24, 2.45) is 0 Å². The molecule has 0 saturated heterocycles. The summed E-state index contributed by atoms with van der Waals surface area (Å²) in [5.74, 6) is 0.452. The van der Waals surface area contributed by atoms with E-state index in [0.717, 1.165) is 11.1 Å². The molecule has 1 heterocycles. The Morgan fingerprint density at radius 3 is 2.37 bits per heavy atom. The van der Waals surface area contributed by atoms with E-state index < -0.39 is 15.1 Å². The number of hydrogen-bond acceptors (Lipinski definition) is 5. The highest BCUT2D eigenvalue weighted by Crippen LogP contribution is 2.28. The van der Waals surface area contributed by atoms with E-state index in [1.807, 2.05) is 6.92 Å². The number of nitrogens with one attached hydrogen (secondary N) is 1. The number of benzene rings is 2. The highest BCUT2D eigenvalue weighted by atomic mass is 32.2. The number of amides is 1. The Morgan fingerprint density at radius 2 is 1.77 bits per heavy atom. The summed E-state index contributed by atoms with van der Waals surface area (Å²) in [7, 11) is -2.14. The minimum Gasteiger partial charge on any atom is -0.497 e. The maximum Gasteiger partial charge on any atom is 0.224 e. The maximum atomic E-state index is 13.3. The van der Waals surface area contributed by atoms with Crippen LogP contribution in [0.4, 0.5) is 0 Å². The second-order valence-corrected chi connectivity index (χ2v) is 9.09. The molecule has 1 atom stereocenters. The van der Waals surface area contributed by atoms with Gasteiger partial charge in [-0.1, -0.05) is 35.9 Å². The molecule has 1 aromatic heterocycles. The number of pyridine rings is 1. The van der Waals surface area contributed by atoms with Gasteiger partial charge >= 0.3 is 0 Å². The molecule has 0 spiro atoms. The molecular formula is C23H24N2O4S. The first-order valence-electron chi connectivity index (χ1n) is 9.50. The van der Waals surface area contributed by atoms with Crippen molar-refractivity contribution in [1.29, 1.82) is 0 Å². The molecule has 1 amide bonds. The standard InChI is InChI=1S/C23H24N2O4S/c1-17-5-11-21(12-6-17)30(27,28)22(19-4-3-13-24-15-19)16-25-23(26)14-18-7-9-20(29-2)10-8-18/h3-13,15,22H,14,16H2,1-2H3,(H,25,26)/t22-/m0/s1. The SMILES string of the molecule is COc1ccc(CC(=O)NC[C@@H](c2cccnc2)S(=O)(=O)c2ccc(C)cc2)cc1. The van der Waals surface area contributed by atoms with Gasteiger partial charge in [0.05, 0.1) is 18.4 Å². The third-order valence-corrected chi connectivity index (χ3v) is 6.91. The minimum atomic E-state index is -3.72. The van der Waals surface area contributed by atoms with Crippen LogP contribution < -0.4 is 10.1 Å². The van der Waals surface area contributed by atoms with E-state index in [-0.39, 0.29) is 23.8 Å². The fourth-order valence-electron chi connectivity index (χ4n) is 3.06. The third-order valence-electron chi connectivity index (χ3n) is 4.79. The van der Waals surface area contributed by atoms with Gasteiger partial charge < -0.3 is 10.1 Å². The van der Waals surface area contributed by atoms with Gasteiger partial charge in [-0.15, -0.1) is 0 Å². The van der Waals surface area contributed by atoms with E-state index in [2.05, 4.69) is 10.3 Å². The van der Waals surface area contributed by atoms with Gasteiger partial charge in [0.15, 0.2) is 9.84 Å². The molecular weight excluding hydrogens is 400 g/mol. The number of methoxy groups -OCH3 is 1. The molecule has 7 heteroatoms. The van der Waals surface area contributed by atoms with Crippen LogP contribution in [0.1, 0.15) is 21.9 Å². The summed E-state index contributed by atoms with van der Waals surface area (Å²) in [5.41, 5.74) is 2.31. The molecule has 0 aliphatic heterocycles. The zero-order valence-corrected chi connectivity index (χ0v) is 17.7. The molecule has 0 fully saturated rings. The summed E-state index contributed by atoms with van der Waals surface area (Å²) >= 11 is 0. The fourth-order valence-corrected chi connectivity index (χ4v) is 4.71. The van der Waals surface area contributed by atoms with E-state index >= 15 is 0 Å². The van der Waals surface area contributed by atoms with Crippen molar-refractivity contribution in [2.45, 2.75) is 23.5 Å². The lowest BCUT2D eigenvalue weighted by Crippen LogP contribution is -2.33. The molecule has 0 aliphatic rings. The van der Waals surface area contributed by atoms with Crippen LogP contribution in [-0.4, -0.2) is 33.0 Å². The van der Waals surface area contributed by atoms with Gasteiger partial charge in [0.1, 0.15) is 11.0 Å². The number of aryl methyl sites for hydroxylation is 1. The summed E-state index contributed by atoms with van der Waals surface area (Å²) in [5, 5.41) is 1.83. The predicted octanol–water partition coefficient (Wildman–Crippen LogP) is 3.27. The second-order valence-electron chi connectivity index (χ2n) is 6.96. The summed E-state index contributed by atoms with van der Waals surface area (Å²) in [6.07, 6.45) is 3.25. The van der Waals surface area contributed by atoms with E-state index in [1.54, 1.807) is 74.0 Å². The van der Waals surface area contributed by atoms with Crippen molar-refractivity contribution >= 4 is 15.7 Å². The van der Waals surface area contributed by atoms with E-state index in [9.17, 15) is 13.2 Å². The fraction of sp³-hybridized carbons (Fsp3) is 0.217. The number of carbonyl (C=O) groups is 1. The number of sulfone groups is 1. The number of hydrogen-bond donors (Lipinski definition) is 1. The van der Waals surface area contributed by atoms with Crippen LogP contribution >= 0.6 is 0 Å². The quantitative estimate of drug-likeness (QED) is 0.600. The Labute approximate surface area is 176 Å². The summed E-state index contributed by atoms with van der Waals surface area (Å²) in [6.45, 7) is 1.85. The van der Waals surface area contributed by atoms with Crippen molar-refractivity contribution in [2.75, 3.05) is 13.7 Å². The van der Waals surface area contributed by atoms with Gasteiger partial charge in [-0.3, -0.25) is 9.78 Å². The molecule has 6 nitrogen and oxygen atoms in total. The Bertz CT molecular complexity index is 1080. The molecule has 3 aromatic rings. The Hall–Kier alpha value is -3.19. The topological polar surface area (TPSA) is 85.4 Å². The normalized spacial score (nSPS) is 12.2. The number of carbonyl (C=O) groups excluding carboxylic acids is 1. The smallest absolute Gasteiger partial charge is 0.224 e. The molecule has 0 unspecified atom stereocenters. The Balaban J connectivity index is 1.78. The lowest BCUT2D eigenvalue weighted by molar-refractivity contribution is -0.120. The van der Waals surface area contributed by atoms with Gasteiger partial charge in [-0.2, -0.15) is 0 Å². The van der Waals surface area contributed by atoms with Crippen LogP contribution in [0.15, 0.2) is 78.0 Å². The van der Waals surface area contributed by atoms with Crippen molar-refractivity contribution in [1.82, 2.24) is 10.3 Å². The van der Waals surface area contributed by atoms with E-state index in [4.69, 9.17) is 4.74 Å². The summed E-state index contributed by atoms with van der Waals surface area (Å²) in [6, 6.07) is 17.3. The van der Waals surface area contributed by atoms with Crippen molar-refractivity contribution in [3.05, 3.63) is 89.7 Å². The molecule has 0 bridgehead atoms. The third kappa shape index (κ3) is 5.24. The molecule has 2 aromatic carbocycles. The van der Waals surface area contributed by atoms with Crippen LogP contribution in [0.3, 0.4) is 0 Å². The number of nitrogens with zero attached hydrogens (tertiary/aromatic N) is 1. The van der Waals surface area contributed by atoms with Gasteiger partial charge in [0.25, 0.3) is 0 Å². The van der Waals surface area contributed by atoms with Crippen LogP contribution in [0, 0.1) is 6.92 Å².